The molecule has 0 aliphatic carbocycles. The van der Waals surface area contributed by atoms with Crippen LogP contribution in [0.2, 0.25) is 0 Å². The fraction of sp³-hybridized carbons (Fsp3) is 0.200. The van der Waals surface area contributed by atoms with Crippen LogP contribution in [0.15, 0.2) is 48.5 Å². The van der Waals surface area contributed by atoms with Gasteiger partial charge < -0.3 is 10.1 Å². The van der Waals surface area contributed by atoms with Crippen LogP contribution in [-0.4, -0.2) is 14.2 Å². The van der Waals surface area contributed by atoms with E-state index < -0.39 is 0 Å². The molecule has 0 aliphatic heterocycles. The SMILES string of the molecule is CNc1cccc(Cc2cccc(OC)c2)c1.Cl. The molecule has 0 radical (unpaired) electrons. The lowest BCUT2D eigenvalue weighted by Gasteiger charge is -2.06. The zero-order chi connectivity index (χ0) is 12.1. The van der Waals surface area contributed by atoms with Crippen molar-refractivity contribution in [1.29, 1.82) is 0 Å². The van der Waals surface area contributed by atoms with Gasteiger partial charge in [0.05, 0.1) is 7.11 Å². The number of nitrogens with one attached hydrogen (secondary N) is 1. The Bertz CT molecular complexity index is 454. The summed E-state index contributed by atoms with van der Waals surface area (Å²) in [5.74, 6) is 0.910. The second-order valence-electron chi connectivity index (χ2n) is 3.98. The average molecular weight is 264 g/mol. The van der Waals surface area contributed by atoms with E-state index in [4.69, 9.17) is 4.74 Å². The molecule has 0 aromatic heterocycles. The van der Waals surface area contributed by atoms with Crippen LogP contribution in [-0.2, 0) is 6.42 Å². The first-order valence-corrected chi connectivity index (χ1v) is 5.71. The third kappa shape index (κ3) is 3.67. The van der Waals surface area contributed by atoms with E-state index in [0.717, 1.165) is 17.9 Å². The summed E-state index contributed by atoms with van der Waals surface area (Å²) >= 11 is 0. The fourth-order valence-electron chi connectivity index (χ4n) is 1.85. The molecule has 2 rings (SSSR count). The van der Waals surface area contributed by atoms with Gasteiger partial charge in [0.15, 0.2) is 0 Å². The number of halogens is 1. The second-order valence-corrected chi connectivity index (χ2v) is 3.98. The minimum absolute atomic E-state index is 0. The van der Waals surface area contributed by atoms with Gasteiger partial charge in [-0.25, -0.2) is 0 Å². The highest BCUT2D eigenvalue weighted by Crippen LogP contribution is 2.18. The Kier molecular flexibility index (Phi) is 5.53. The Balaban J connectivity index is 0.00000162. The molecular weight excluding hydrogens is 246 g/mol. The van der Waals surface area contributed by atoms with Crippen molar-refractivity contribution in [3.63, 3.8) is 0 Å². The first-order valence-electron chi connectivity index (χ1n) is 5.71. The van der Waals surface area contributed by atoms with Gasteiger partial charge in [-0.2, -0.15) is 0 Å². The molecule has 0 aliphatic rings. The first kappa shape index (κ1) is 14.4. The lowest BCUT2D eigenvalue weighted by atomic mass is 10.0. The fourth-order valence-corrected chi connectivity index (χ4v) is 1.85. The van der Waals surface area contributed by atoms with Gasteiger partial charge in [-0.15, -0.1) is 12.4 Å². The Morgan fingerprint density at radius 1 is 1.00 bits per heavy atom. The monoisotopic (exact) mass is 263 g/mol. The minimum atomic E-state index is 0. The lowest BCUT2D eigenvalue weighted by molar-refractivity contribution is 0.414. The summed E-state index contributed by atoms with van der Waals surface area (Å²) in [5.41, 5.74) is 3.70. The second kappa shape index (κ2) is 6.92. The molecule has 2 aromatic rings. The molecule has 3 heteroatoms. The van der Waals surface area contributed by atoms with Crippen LogP contribution in [0.1, 0.15) is 11.1 Å². The third-order valence-corrected chi connectivity index (χ3v) is 2.76. The molecule has 18 heavy (non-hydrogen) atoms. The van der Waals surface area contributed by atoms with E-state index in [-0.39, 0.29) is 12.4 Å². The molecule has 2 nitrogen and oxygen atoms in total. The molecule has 0 bridgehead atoms. The van der Waals surface area contributed by atoms with Crippen molar-refractivity contribution in [3.05, 3.63) is 59.7 Å². The summed E-state index contributed by atoms with van der Waals surface area (Å²) in [6.45, 7) is 0. The smallest absolute Gasteiger partial charge is 0.119 e. The molecule has 0 fully saturated rings. The van der Waals surface area contributed by atoms with Gasteiger partial charge in [-0.1, -0.05) is 24.3 Å². The topological polar surface area (TPSA) is 21.3 Å². The van der Waals surface area contributed by atoms with Crippen LogP contribution in [0, 0.1) is 0 Å². The maximum absolute atomic E-state index is 5.23. The van der Waals surface area contributed by atoms with Crippen LogP contribution in [0.3, 0.4) is 0 Å². The van der Waals surface area contributed by atoms with E-state index in [0.29, 0.717) is 0 Å². The Hall–Kier alpha value is -1.67. The highest BCUT2D eigenvalue weighted by Gasteiger charge is 1.99. The molecule has 96 valence electrons. The maximum atomic E-state index is 5.23. The molecule has 1 N–H and O–H groups in total. The first-order chi connectivity index (χ1) is 8.31. The van der Waals surface area contributed by atoms with Crippen LogP contribution < -0.4 is 10.1 Å². The predicted molar refractivity (Wildman–Crippen MR) is 79.0 cm³/mol. The van der Waals surface area contributed by atoms with Gasteiger partial charge in [-0.3, -0.25) is 0 Å². The molecule has 0 amide bonds. The van der Waals surface area contributed by atoms with Gasteiger partial charge in [0, 0.05) is 12.7 Å². The summed E-state index contributed by atoms with van der Waals surface area (Å²) in [4.78, 5) is 0. The molecule has 0 spiro atoms. The van der Waals surface area contributed by atoms with E-state index in [9.17, 15) is 0 Å². The van der Waals surface area contributed by atoms with E-state index in [2.05, 4.69) is 41.7 Å². The minimum Gasteiger partial charge on any atom is -0.497 e. The predicted octanol–water partition coefficient (Wildman–Crippen LogP) is 3.75. The van der Waals surface area contributed by atoms with Gasteiger partial charge in [-0.05, 0) is 41.8 Å². The zero-order valence-corrected chi connectivity index (χ0v) is 11.5. The molecule has 2 aromatic carbocycles. The number of hydrogen-bond donors (Lipinski definition) is 1. The molecule has 0 heterocycles. The van der Waals surface area contributed by atoms with E-state index >= 15 is 0 Å². The van der Waals surface area contributed by atoms with Crippen LogP contribution in [0.5, 0.6) is 5.75 Å². The highest BCUT2D eigenvalue weighted by atomic mass is 35.5. The molecule has 0 saturated carbocycles. The number of anilines is 1. The number of rotatable bonds is 4. The third-order valence-electron chi connectivity index (χ3n) is 2.76. The van der Waals surface area contributed by atoms with Crippen LogP contribution in [0.25, 0.3) is 0 Å². The average Bonchev–Trinajstić information content (AvgIpc) is 2.39. The van der Waals surface area contributed by atoms with E-state index in [1.54, 1.807) is 7.11 Å². The summed E-state index contributed by atoms with van der Waals surface area (Å²) < 4.78 is 5.23. The van der Waals surface area contributed by atoms with Crippen molar-refractivity contribution in [3.8, 4) is 5.75 Å². The molecule has 0 unspecified atom stereocenters. The number of hydrogen-bond acceptors (Lipinski definition) is 2. The van der Waals surface area contributed by atoms with Gasteiger partial charge in [0.1, 0.15) is 5.75 Å². The zero-order valence-electron chi connectivity index (χ0n) is 10.6. The Morgan fingerprint density at radius 2 is 1.67 bits per heavy atom. The molecule has 0 atom stereocenters. The largest absolute Gasteiger partial charge is 0.497 e. The number of ether oxygens (including phenoxy) is 1. The highest BCUT2D eigenvalue weighted by molar-refractivity contribution is 5.85. The van der Waals surface area contributed by atoms with Crippen molar-refractivity contribution in [1.82, 2.24) is 0 Å². The quantitative estimate of drug-likeness (QED) is 0.907. The summed E-state index contributed by atoms with van der Waals surface area (Å²) in [6.07, 6.45) is 0.923. The maximum Gasteiger partial charge on any atom is 0.119 e. The Labute approximate surface area is 114 Å². The molecule has 0 saturated heterocycles. The number of methoxy groups -OCH3 is 1. The van der Waals surface area contributed by atoms with Crippen molar-refractivity contribution in [2.24, 2.45) is 0 Å². The van der Waals surface area contributed by atoms with E-state index in [1.807, 2.05) is 19.2 Å². The van der Waals surface area contributed by atoms with Crippen LogP contribution >= 0.6 is 12.4 Å². The lowest BCUT2D eigenvalue weighted by Crippen LogP contribution is -1.92. The molecular formula is C15H18ClNO. The van der Waals surface area contributed by atoms with Crippen molar-refractivity contribution >= 4 is 18.1 Å². The van der Waals surface area contributed by atoms with Crippen molar-refractivity contribution in [2.45, 2.75) is 6.42 Å². The van der Waals surface area contributed by atoms with Gasteiger partial charge in [0.2, 0.25) is 0 Å². The van der Waals surface area contributed by atoms with Crippen molar-refractivity contribution in [2.75, 3.05) is 19.5 Å². The number of benzene rings is 2. The van der Waals surface area contributed by atoms with Crippen molar-refractivity contribution < 1.29 is 4.74 Å². The standard InChI is InChI=1S/C15H17NO.ClH/c1-16-14-7-3-5-12(10-14)9-13-6-4-8-15(11-13)17-2;/h3-8,10-11,16H,9H2,1-2H3;1H. The van der Waals surface area contributed by atoms with Gasteiger partial charge >= 0.3 is 0 Å². The van der Waals surface area contributed by atoms with Gasteiger partial charge in [0.25, 0.3) is 0 Å². The summed E-state index contributed by atoms with van der Waals surface area (Å²) in [6, 6.07) is 16.6. The van der Waals surface area contributed by atoms with Crippen LogP contribution in [0.4, 0.5) is 5.69 Å². The normalized spacial score (nSPS) is 9.44. The summed E-state index contributed by atoms with van der Waals surface area (Å²) in [5, 5.41) is 3.15. The summed E-state index contributed by atoms with van der Waals surface area (Å²) in [7, 11) is 3.63. The van der Waals surface area contributed by atoms with E-state index in [1.165, 1.54) is 11.1 Å². The Morgan fingerprint density at radius 3 is 2.33 bits per heavy atom.